The molecule has 3 aliphatic heterocycles. The van der Waals surface area contributed by atoms with Crippen LogP contribution in [0.5, 0.6) is 5.75 Å². The highest BCUT2D eigenvalue weighted by atomic mass is 32.1. The quantitative estimate of drug-likeness (QED) is 0.162. The Labute approximate surface area is 344 Å². The maximum absolute atomic E-state index is 7.18. The average molecular weight is 768 g/mol. The summed E-state index contributed by atoms with van der Waals surface area (Å²) >= 11 is 1.95. The Kier molecular flexibility index (Phi) is 7.37. The summed E-state index contributed by atoms with van der Waals surface area (Å²) in [5, 5.41) is 1.29. The van der Waals surface area contributed by atoms with Gasteiger partial charge in [-0.25, -0.2) is 0 Å². The van der Waals surface area contributed by atoms with Crippen LogP contribution < -0.4 is 35.1 Å². The molecular weight excluding hydrogens is 725 g/mol. The summed E-state index contributed by atoms with van der Waals surface area (Å²) in [6.07, 6.45) is 4.64. The molecule has 4 nitrogen and oxygen atoms in total. The first kappa shape index (κ1) is 33.9. The van der Waals surface area contributed by atoms with Crippen molar-refractivity contribution in [1.29, 1.82) is 0 Å². The molecule has 2 unspecified atom stereocenters. The summed E-state index contributed by atoms with van der Waals surface area (Å²) in [5.41, 5.74) is 14.2. The van der Waals surface area contributed by atoms with Crippen molar-refractivity contribution in [2.75, 3.05) is 14.7 Å². The summed E-state index contributed by atoms with van der Waals surface area (Å²) < 4.78 is 9.87. The number of para-hydroxylation sites is 4. The zero-order valence-electron chi connectivity index (χ0n) is 32.7. The van der Waals surface area contributed by atoms with Crippen LogP contribution in [-0.2, 0) is 5.41 Å². The number of rotatable bonds is 5. The first-order valence-corrected chi connectivity index (χ1v) is 21.5. The first-order valence-electron chi connectivity index (χ1n) is 20.7. The summed E-state index contributed by atoms with van der Waals surface area (Å²) in [6.45, 7) is 4.86. The van der Waals surface area contributed by atoms with Crippen LogP contribution in [0.25, 0.3) is 10.1 Å². The van der Waals surface area contributed by atoms with Gasteiger partial charge in [-0.3, -0.25) is 0 Å². The lowest BCUT2D eigenvalue weighted by Gasteiger charge is -2.45. The van der Waals surface area contributed by atoms with E-state index in [2.05, 4.69) is 198 Å². The molecule has 0 saturated heterocycles. The molecule has 2 atom stereocenters. The van der Waals surface area contributed by atoms with E-state index in [1.165, 1.54) is 66.9 Å². The Balaban J connectivity index is 1.22. The molecule has 4 aliphatic rings. The Morgan fingerprint density at radius 2 is 1.16 bits per heavy atom. The van der Waals surface area contributed by atoms with Crippen molar-refractivity contribution in [1.82, 2.24) is 0 Å². The Hall–Kier alpha value is -6.24. The van der Waals surface area contributed by atoms with E-state index in [0.29, 0.717) is 0 Å². The standard InChI is InChI=1S/C52H42BN3OS/c1-51-29-17-18-30-52(51,2)57-46-34-43-42(33-41(46)51)53-48-44(55(43)37-23-11-5-12-24-37)31-39(54(35-19-7-3-8-20-35)36-21-9-4-10-22-36)32-45(48)56(38-25-13-6-14-26-38)49-40-27-15-16-28-47(40)58-50(49)53/h3-16,19-28,31-34H,17-18,29-30H2,1-2H3. The molecule has 1 aromatic heterocycles. The Bertz CT molecular complexity index is 2840. The monoisotopic (exact) mass is 767 g/mol. The maximum Gasteiger partial charge on any atom is 0.264 e. The third-order valence-electron chi connectivity index (χ3n) is 13.6. The number of ether oxygens (including phenoxy) is 1. The molecule has 1 aliphatic carbocycles. The van der Waals surface area contributed by atoms with Crippen LogP contribution in [0.3, 0.4) is 0 Å². The van der Waals surface area contributed by atoms with Crippen LogP contribution in [0, 0.1) is 0 Å². The minimum absolute atomic E-state index is 0.0209. The average Bonchev–Trinajstić information content (AvgIpc) is 3.76. The fraction of sp³-hybridized carbons (Fsp3) is 0.154. The second kappa shape index (κ2) is 12.6. The lowest BCUT2D eigenvalue weighted by Crippen LogP contribution is -2.60. The van der Waals surface area contributed by atoms with Gasteiger partial charge in [-0.05, 0) is 104 Å². The maximum atomic E-state index is 7.18. The molecule has 6 heteroatoms. The predicted octanol–water partition coefficient (Wildman–Crippen LogP) is 12.4. The van der Waals surface area contributed by atoms with Gasteiger partial charge in [0.15, 0.2) is 0 Å². The number of hydrogen-bond donors (Lipinski definition) is 0. The van der Waals surface area contributed by atoms with Gasteiger partial charge in [0.1, 0.15) is 11.4 Å². The molecule has 0 spiro atoms. The molecule has 8 aromatic rings. The number of thiophene rings is 1. The minimum Gasteiger partial charge on any atom is -0.486 e. The van der Waals surface area contributed by atoms with Crippen LogP contribution in [0.4, 0.5) is 51.2 Å². The van der Waals surface area contributed by atoms with E-state index >= 15 is 0 Å². The van der Waals surface area contributed by atoms with Crippen molar-refractivity contribution in [3.63, 3.8) is 0 Å². The number of hydrogen-bond acceptors (Lipinski definition) is 5. The normalized spacial score (nSPS) is 19.8. The van der Waals surface area contributed by atoms with Gasteiger partial charge in [-0.2, -0.15) is 0 Å². The van der Waals surface area contributed by atoms with Crippen molar-refractivity contribution in [3.05, 3.63) is 175 Å². The van der Waals surface area contributed by atoms with Crippen molar-refractivity contribution in [3.8, 4) is 5.75 Å². The van der Waals surface area contributed by atoms with Gasteiger partial charge >= 0.3 is 0 Å². The summed E-state index contributed by atoms with van der Waals surface area (Å²) in [6, 6.07) is 62.4. The van der Waals surface area contributed by atoms with Crippen molar-refractivity contribution in [2.45, 2.75) is 50.5 Å². The third-order valence-corrected chi connectivity index (χ3v) is 14.9. The highest BCUT2D eigenvalue weighted by Gasteiger charge is 2.56. The Morgan fingerprint density at radius 3 is 1.83 bits per heavy atom. The van der Waals surface area contributed by atoms with Crippen molar-refractivity contribution < 1.29 is 4.74 Å². The molecule has 58 heavy (non-hydrogen) atoms. The SMILES string of the molecule is CC12CCCCC1(C)c1cc3c(cc1O2)N(c1ccccc1)c1cc(N(c2ccccc2)c2ccccc2)cc2c1B3c1sc3ccccc3c1N2c1ccccc1. The van der Waals surface area contributed by atoms with Crippen LogP contribution in [-0.4, -0.2) is 12.3 Å². The van der Waals surface area contributed by atoms with Crippen LogP contribution in [0.15, 0.2) is 170 Å². The molecule has 1 fully saturated rings. The molecular formula is C52H42BN3OS. The highest BCUT2D eigenvalue weighted by molar-refractivity contribution is 7.33. The van der Waals surface area contributed by atoms with E-state index in [9.17, 15) is 0 Å². The van der Waals surface area contributed by atoms with Gasteiger partial charge in [0, 0.05) is 71.7 Å². The van der Waals surface area contributed by atoms with Gasteiger partial charge in [0.2, 0.25) is 0 Å². The number of anilines is 9. The van der Waals surface area contributed by atoms with E-state index in [-0.39, 0.29) is 17.7 Å². The number of fused-ring (bicyclic) bond motifs is 9. The summed E-state index contributed by atoms with van der Waals surface area (Å²) in [5.74, 6) is 1.04. The molecule has 4 heterocycles. The summed E-state index contributed by atoms with van der Waals surface area (Å²) in [7, 11) is 0. The zero-order valence-corrected chi connectivity index (χ0v) is 33.5. The van der Waals surface area contributed by atoms with Crippen LogP contribution in [0.1, 0.15) is 45.1 Å². The van der Waals surface area contributed by atoms with Crippen molar-refractivity contribution >= 4 is 95.0 Å². The van der Waals surface area contributed by atoms with Crippen LogP contribution >= 0.6 is 11.3 Å². The van der Waals surface area contributed by atoms with Gasteiger partial charge in [-0.1, -0.05) is 110 Å². The molecule has 0 bridgehead atoms. The minimum atomic E-state index is -0.231. The molecule has 0 N–H and O–H groups in total. The van der Waals surface area contributed by atoms with Gasteiger partial charge in [0.25, 0.3) is 6.71 Å². The molecule has 12 rings (SSSR count). The highest BCUT2D eigenvalue weighted by Crippen LogP contribution is 2.58. The van der Waals surface area contributed by atoms with Gasteiger partial charge in [0.05, 0.1) is 11.4 Å². The topological polar surface area (TPSA) is 19.0 Å². The van der Waals surface area contributed by atoms with Crippen molar-refractivity contribution in [2.24, 2.45) is 0 Å². The van der Waals surface area contributed by atoms with E-state index in [4.69, 9.17) is 4.74 Å². The largest absolute Gasteiger partial charge is 0.486 e. The first-order chi connectivity index (χ1) is 28.5. The molecule has 0 radical (unpaired) electrons. The third kappa shape index (κ3) is 4.75. The van der Waals surface area contributed by atoms with Gasteiger partial charge < -0.3 is 19.4 Å². The second-order valence-electron chi connectivity index (χ2n) is 16.8. The lowest BCUT2D eigenvalue weighted by atomic mass is 9.36. The Morgan fingerprint density at radius 1 is 0.586 bits per heavy atom. The van der Waals surface area contributed by atoms with E-state index in [1.54, 1.807) is 0 Å². The fourth-order valence-electron chi connectivity index (χ4n) is 10.7. The van der Waals surface area contributed by atoms with E-state index in [0.717, 1.165) is 47.0 Å². The van der Waals surface area contributed by atoms with Gasteiger partial charge in [-0.15, -0.1) is 11.3 Å². The van der Waals surface area contributed by atoms with Crippen LogP contribution in [0.2, 0.25) is 0 Å². The molecule has 7 aromatic carbocycles. The smallest absolute Gasteiger partial charge is 0.264 e. The molecule has 280 valence electrons. The number of benzene rings is 7. The zero-order chi connectivity index (χ0) is 38.6. The molecule has 0 amide bonds. The summed E-state index contributed by atoms with van der Waals surface area (Å²) in [4.78, 5) is 7.50. The predicted molar refractivity (Wildman–Crippen MR) is 245 cm³/mol. The fourth-order valence-corrected chi connectivity index (χ4v) is 12.0. The number of nitrogens with zero attached hydrogens (tertiary/aromatic N) is 3. The van der Waals surface area contributed by atoms with E-state index in [1.807, 2.05) is 11.3 Å². The lowest BCUT2D eigenvalue weighted by molar-refractivity contribution is 0.00741. The molecule has 1 saturated carbocycles. The second-order valence-corrected chi connectivity index (χ2v) is 17.9. The van der Waals surface area contributed by atoms with E-state index < -0.39 is 0 Å².